The zero-order valence-corrected chi connectivity index (χ0v) is 20.6. The van der Waals surface area contributed by atoms with Gasteiger partial charge in [-0.3, -0.25) is 18.9 Å². The Morgan fingerprint density at radius 1 is 1.06 bits per heavy atom. The van der Waals surface area contributed by atoms with E-state index in [9.17, 15) is 9.59 Å². The van der Waals surface area contributed by atoms with Gasteiger partial charge < -0.3 is 11.1 Å². The highest BCUT2D eigenvalue weighted by atomic mass is 16.2. The van der Waals surface area contributed by atoms with E-state index in [0.717, 1.165) is 46.5 Å². The second kappa shape index (κ2) is 9.94. The summed E-state index contributed by atoms with van der Waals surface area (Å²) in [5.41, 5.74) is 9.68. The van der Waals surface area contributed by atoms with E-state index >= 15 is 0 Å². The molecule has 36 heavy (non-hydrogen) atoms. The fourth-order valence-corrected chi connectivity index (χ4v) is 4.62. The number of benzene rings is 2. The molecule has 2 aromatic carbocycles. The zero-order valence-electron chi connectivity index (χ0n) is 20.6. The summed E-state index contributed by atoms with van der Waals surface area (Å²) >= 11 is 0. The van der Waals surface area contributed by atoms with Crippen molar-refractivity contribution in [1.82, 2.24) is 18.9 Å². The number of para-hydroxylation sites is 1. The molecule has 9 heteroatoms. The van der Waals surface area contributed by atoms with Crippen LogP contribution in [-0.2, 0) is 20.1 Å². The second-order valence-corrected chi connectivity index (χ2v) is 9.41. The van der Waals surface area contributed by atoms with Gasteiger partial charge in [-0.2, -0.15) is 5.10 Å². The highest BCUT2D eigenvalue weighted by Crippen LogP contribution is 2.25. The SMILES string of the molecule is CC(N)Cn1c(=O)n(C)c(=O)c2c(Nc3ccccc3)n(Cc3ccc(C4=NCCCC4)cc3)nc21. The highest BCUT2D eigenvalue weighted by molar-refractivity contribution is 6.00. The number of aromatic nitrogens is 4. The first-order valence-electron chi connectivity index (χ1n) is 12.3. The third-order valence-electron chi connectivity index (χ3n) is 6.48. The second-order valence-electron chi connectivity index (χ2n) is 9.41. The summed E-state index contributed by atoms with van der Waals surface area (Å²) in [6.45, 7) is 3.39. The van der Waals surface area contributed by atoms with Crippen LogP contribution < -0.4 is 22.3 Å². The van der Waals surface area contributed by atoms with Gasteiger partial charge in [-0.05, 0) is 49.4 Å². The third kappa shape index (κ3) is 4.61. The molecule has 1 aliphatic heterocycles. The van der Waals surface area contributed by atoms with Crippen molar-refractivity contribution in [3.8, 4) is 0 Å². The van der Waals surface area contributed by atoms with E-state index in [4.69, 9.17) is 10.8 Å². The van der Waals surface area contributed by atoms with Crippen molar-refractivity contribution in [3.05, 3.63) is 86.6 Å². The van der Waals surface area contributed by atoms with Gasteiger partial charge in [-0.1, -0.05) is 42.5 Å². The molecule has 4 aromatic rings. The molecule has 0 radical (unpaired) electrons. The Morgan fingerprint density at radius 3 is 2.47 bits per heavy atom. The average Bonchev–Trinajstić information content (AvgIpc) is 3.24. The molecule has 186 valence electrons. The normalized spacial score (nSPS) is 14.6. The minimum Gasteiger partial charge on any atom is -0.340 e. The first-order chi connectivity index (χ1) is 17.4. The maximum Gasteiger partial charge on any atom is 0.332 e. The number of fused-ring (bicyclic) bond motifs is 1. The van der Waals surface area contributed by atoms with E-state index in [1.54, 1.807) is 4.68 Å². The van der Waals surface area contributed by atoms with Gasteiger partial charge in [0.25, 0.3) is 5.56 Å². The van der Waals surface area contributed by atoms with Gasteiger partial charge >= 0.3 is 5.69 Å². The average molecular weight is 486 g/mol. The van der Waals surface area contributed by atoms with Crippen molar-refractivity contribution in [3.63, 3.8) is 0 Å². The monoisotopic (exact) mass is 485 g/mol. The molecule has 1 aliphatic rings. The molecule has 9 nitrogen and oxygen atoms in total. The van der Waals surface area contributed by atoms with Crippen molar-refractivity contribution in [2.24, 2.45) is 17.8 Å². The molecule has 3 N–H and O–H groups in total. The standard InChI is InChI=1S/C27H31N7O2/c1-18(28)16-33-25-23(26(35)32(2)27(33)36)24(30-21-8-4-3-5-9-21)34(31-25)17-19-11-13-20(14-12-19)22-10-6-7-15-29-22/h3-5,8-9,11-14,18,30H,6-7,10,15-17,28H2,1-2H3. The largest absolute Gasteiger partial charge is 0.340 e. The summed E-state index contributed by atoms with van der Waals surface area (Å²) in [6, 6.07) is 17.7. The lowest BCUT2D eigenvalue weighted by Crippen LogP contribution is -2.40. The van der Waals surface area contributed by atoms with Gasteiger partial charge in [-0.15, -0.1) is 0 Å². The van der Waals surface area contributed by atoms with Crippen molar-refractivity contribution in [2.45, 2.75) is 45.3 Å². The van der Waals surface area contributed by atoms with Gasteiger partial charge in [0.15, 0.2) is 5.65 Å². The lowest BCUT2D eigenvalue weighted by Gasteiger charge is -2.13. The van der Waals surface area contributed by atoms with Crippen molar-refractivity contribution in [1.29, 1.82) is 0 Å². The van der Waals surface area contributed by atoms with Crippen LogP contribution in [0.4, 0.5) is 11.5 Å². The minimum atomic E-state index is -0.432. The van der Waals surface area contributed by atoms with Crippen LogP contribution in [0.3, 0.4) is 0 Å². The summed E-state index contributed by atoms with van der Waals surface area (Å²) < 4.78 is 4.36. The lowest BCUT2D eigenvalue weighted by molar-refractivity contribution is 0.550. The molecule has 0 bridgehead atoms. The molecule has 5 rings (SSSR count). The Balaban J connectivity index is 1.62. The summed E-state index contributed by atoms with van der Waals surface area (Å²) in [5.74, 6) is 0.538. The summed E-state index contributed by atoms with van der Waals surface area (Å²) in [4.78, 5) is 30.9. The van der Waals surface area contributed by atoms with Crippen LogP contribution in [0.2, 0.25) is 0 Å². The Bertz CT molecular complexity index is 1530. The van der Waals surface area contributed by atoms with Crippen LogP contribution in [0.25, 0.3) is 11.0 Å². The zero-order chi connectivity index (χ0) is 25.2. The van der Waals surface area contributed by atoms with E-state index in [1.807, 2.05) is 37.3 Å². The molecule has 2 aromatic heterocycles. The molecule has 0 aliphatic carbocycles. The molecule has 0 amide bonds. The lowest BCUT2D eigenvalue weighted by atomic mass is 10.0. The predicted molar refractivity (Wildman–Crippen MR) is 143 cm³/mol. The minimum absolute atomic E-state index is 0.252. The number of rotatable bonds is 7. The quantitative estimate of drug-likeness (QED) is 0.418. The predicted octanol–water partition coefficient (Wildman–Crippen LogP) is 3.01. The van der Waals surface area contributed by atoms with Crippen LogP contribution in [0.1, 0.15) is 37.3 Å². The number of hydrogen-bond donors (Lipinski definition) is 2. The topological polar surface area (TPSA) is 112 Å². The van der Waals surface area contributed by atoms with E-state index in [1.165, 1.54) is 18.0 Å². The molecular weight excluding hydrogens is 454 g/mol. The number of nitrogens with one attached hydrogen (secondary N) is 1. The molecule has 3 heterocycles. The summed E-state index contributed by atoms with van der Waals surface area (Å²) in [7, 11) is 1.48. The molecule has 0 spiro atoms. The van der Waals surface area contributed by atoms with Crippen LogP contribution in [-0.4, -0.2) is 37.2 Å². The highest BCUT2D eigenvalue weighted by Gasteiger charge is 2.22. The van der Waals surface area contributed by atoms with E-state index in [0.29, 0.717) is 23.4 Å². The van der Waals surface area contributed by atoms with Crippen molar-refractivity contribution >= 4 is 28.3 Å². The number of hydrogen-bond acceptors (Lipinski definition) is 6. The molecule has 0 saturated carbocycles. The maximum absolute atomic E-state index is 13.3. The number of nitrogens with two attached hydrogens (primary N) is 1. The van der Waals surface area contributed by atoms with Crippen molar-refractivity contribution in [2.75, 3.05) is 11.9 Å². The van der Waals surface area contributed by atoms with Crippen molar-refractivity contribution < 1.29 is 0 Å². The third-order valence-corrected chi connectivity index (χ3v) is 6.48. The van der Waals surface area contributed by atoms with Gasteiger partial charge in [-0.25, -0.2) is 9.48 Å². The summed E-state index contributed by atoms with van der Waals surface area (Å²) in [6.07, 6.45) is 3.33. The smallest absolute Gasteiger partial charge is 0.332 e. The van der Waals surface area contributed by atoms with Gasteiger partial charge in [0.05, 0.1) is 6.54 Å². The van der Waals surface area contributed by atoms with Gasteiger partial charge in [0.1, 0.15) is 11.2 Å². The Kier molecular flexibility index (Phi) is 6.56. The van der Waals surface area contributed by atoms with Crippen LogP contribution >= 0.6 is 0 Å². The van der Waals surface area contributed by atoms with Crippen LogP contribution in [0, 0.1) is 0 Å². The fraction of sp³-hybridized carbons (Fsp3) is 0.333. The first kappa shape index (κ1) is 23.7. The number of anilines is 2. The molecular formula is C27H31N7O2. The number of aliphatic imine (C=N–C) groups is 1. The van der Waals surface area contributed by atoms with E-state index in [-0.39, 0.29) is 12.6 Å². The Morgan fingerprint density at radius 2 is 1.81 bits per heavy atom. The maximum atomic E-state index is 13.3. The van der Waals surface area contributed by atoms with Crippen LogP contribution in [0.5, 0.6) is 0 Å². The fourth-order valence-electron chi connectivity index (χ4n) is 4.62. The van der Waals surface area contributed by atoms with Crippen LogP contribution in [0.15, 0.2) is 69.2 Å². The Labute approximate surface area is 208 Å². The van der Waals surface area contributed by atoms with E-state index in [2.05, 4.69) is 34.6 Å². The molecule has 0 saturated heterocycles. The summed E-state index contributed by atoms with van der Waals surface area (Å²) in [5, 5.41) is 8.48. The molecule has 1 atom stereocenters. The molecule has 0 fully saturated rings. The van der Waals surface area contributed by atoms with Gasteiger partial charge in [0.2, 0.25) is 0 Å². The van der Waals surface area contributed by atoms with Gasteiger partial charge in [0, 0.05) is 37.6 Å². The van der Waals surface area contributed by atoms with E-state index < -0.39 is 11.2 Å². The number of nitrogens with zero attached hydrogens (tertiary/aromatic N) is 5. The first-order valence-corrected chi connectivity index (χ1v) is 12.3. The Hall–Kier alpha value is -3.98. The molecule has 1 unspecified atom stereocenters.